The van der Waals surface area contributed by atoms with Crippen LogP contribution in [0.5, 0.6) is 5.75 Å². The number of thiophene rings is 1. The Kier molecular flexibility index (Phi) is 5.06. The molecule has 0 amide bonds. The Balaban J connectivity index is 2.01. The molecular formula is C13H13BrClNOS. The molecule has 0 aliphatic rings. The summed E-state index contributed by atoms with van der Waals surface area (Å²) < 4.78 is 7.48. The minimum Gasteiger partial charge on any atom is -0.487 e. The van der Waals surface area contributed by atoms with E-state index in [1.165, 1.54) is 16.9 Å². The van der Waals surface area contributed by atoms with Crippen LogP contribution in [0.2, 0.25) is 4.34 Å². The fourth-order valence-corrected chi connectivity index (χ4v) is 3.10. The van der Waals surface area contributed by atoms with Gasteiger partial charge in [-0.3, -0.25) is 0 Å². The highest BCUT2D eigenvalue weighted by Crippen LogP contribution is 2.28. The smallest absolute Gasteiger partial charge is 0.134 e. The lowest BCUT2D eigenvalue weighted by Crippen LogP contribution is -2.02. The Bertz CT molecular complexity index is 529. The summed E-state index contributed by atoms with van der Waals surface area (Å²) in [5.41, 5.74) is 6.73. The van der Waals surface area contributed by atoms with Crippen LogP contribution >= 0.6 is 38.9 Å². The second-order valence-electron chi connectivity index (χ2n) is 3.80. The van der Waals surface area contributed by atoms with Crippen LogP contribution in [0.3, 0.4) is 0 Å². The van der Waals surface area contributed by atoms with Crippen molar-refractivity contribution in [3.8, 4) is 5.75 Å². The number of hydrogen-bond acceptors (Lipinski definition) is 3. The van der Waals surface area contributed by atoms with Crippen molar-refractivity contribution >= 4 is 38.9 Å². The molecule has 2 aromatic rings. The quantitative estimate of drug-likeness (QED) is 0.878. The van der Waals surface area contributed by atoms with Crippen molar-refractivity contribution in [1.82, 2.24) is 0 Å². The van der Waals surface area contributed by atoms with Crippen molar-refractivity contribution in [3.05, 3.63) is 49.6 Å². The van der Waals surface area contributed by atoms with Gasteiger partial charge in [-0.05, 0) is 58.7 Å². The molecule has 18 heavy (non-hydrogen) atoms. The maximum Gasteiger partial charge on any atom is 0.134 e. The molecule has 0 bridgehead atoms. The van der Waals surface area contributed by atoms with Gasteiger partial charge in [0, 0.05) is 4.88 Å². The van der Waals surface area contributed by atoms with E-state index in [1.807, 2.05) is 30.3 Å². The molecule has 2 rings (SSSR count). The van der Waals surface area contributed by atoms with Crippen LogP contribution in [0.4, 0.5) is 0 Å². The van der Waals surface area contributed by atoms with Gasteiger partial charge in [-0.25, -0.2) is 0 Å². The van der Waals surface area contributed by atoms with E-state index in [1.54, 1.807) is 0 Å². The third kappa shape index (κ3) is 3.72. The Morgan fingerprint density at radius 1 is 1.28 bits per heavy atom. The number of ether oxygens (including phenoxy) is 1. The zero-order chi connectivity index (χ0) is 13.0. The lowest BCUT2D eigenvalue weighted by molar-refractivity contribution is 0.308. The van der Waals surface area contributed by atoms with Crippen LogP contribution in [-0.2, 0) is 13.0 Å². The van der Waals surface area contributed by atoms with Crippen molar-refractivity contribution in [2.24, 2.45) is 5.73 Å². The van der Waals surface area contributed by atoms with E-state index < -0.39 is 0 Å². The van der Waals surface area contributed by atoms with Gasteiger partial charge in [0.15, 0.2) is 0 Å². The van der Waals surface area contributed by atoms with E-state index in [9.17, 15) is 0 Å². The molecule has 0 aliphatic carbocycles. The van der Waals surface area contributed by atoms with Gasteiger partial charge < -0.3 is 10.5 Å². The number of benzene rings is 1. The average molecular weight is 347 g/mol. The third-order valence-electron chi connectivity index (χ3n) is 2.43. The first kappa shape index (κ1) is 13.9. The second kappa shape index (κ2) is 6.57. The average Bonchev–Trinajstić information content (AvgIpc) is 2.74. The molecule has 1 aromatic carbocycles. The molecule has 0 saturated carbocycles. The molecule has 2 N–H and O–H groups in total. The van der Waals surface area contributed by atoms with Crippen molar-refractivity contribution in [3.63, 3.8) is 0 Å². The lowest BCUT2D eigenvalue weighted by Gasteiger charge is -2.08. The summed E-state index contributed by atoms with van der Waals surface area (Å²) in [5.74, 6) is 0.834. The van der Waals surface area contributed by atoms with Gasteiger partial charge >= 0.3 is 0 Å². The molecule has 1 heterocycles. The molecule has 0 radical (unpaired) electrons. The van der Waals surface area contributed by atoms with Gasteiger partial charge in [-0.1, -0.05) is 17.7 Å². The van der Waals surface area contributed by atoms with Gasteiger partial charge in [0.25, 0.3) is 0 Å². The van der Waals surface area contributed by atoms with E-state index in [2.05, 4.69) is 15.9 Å². The van der Waals surface area contributed by atoms with Gasteiger partial charge in [-0.2, -0.15) is 0 Å². The van der Waals surface area contributed by atoms with Crippen molar-refractivity contribution in [1.29, 1.82) is 0 Å². The molecule has 0 fully saturated rings. The van der Waals surface area contributed by atoms with Gasteiger partial charge in [0.05, 0.1) is 8.81 Å². The van der Waals surface area contributed by atoms with Crippen LogP contribution in [0.1, 0.15) is 10.4 Å². The fraction of sp³-hybridized carbons (Fsp3) is 0.231. The first-order valence-corrected chi connectivity index (χ1v) is 7.53. The molecule has 2 nitrogen and oxygen atoms in total. The van der Waals surface area contributed by atoms with Crippen LogP contribution in [0.25, 0.3) is 0 Å². The monoisotopic (exact) mass is 345 g/mol. The van der Waals surface area contributed by atoms with E-state index in [4.69, 9.17) is 22.1 Å². The summed E-state index contributed by atoms with van der Waals surface area (Å²) in [7, 11) is 0. The standard InChI is InChI=1S/C13H13BrClNOS/c14-11-7-9(5-6-16)1-3-12(11)17-8-10-2-4-13(15)18-10/h1-4,7H,5-6,8,16H2. The molecule has 96 valence electrons. The Morgan fingerprint density at radius 2 is 2.11 bits per heavy atom. The summed E-state index contributed by atoms with van der Waals surface area (Å²) in [6.07, 6.45) is 0.874. The Morgan fingerprint density at radius 3 is 2.72 bits per heavy atom. The zero-order valence-corrected chi connectivity index (χ0v) is 12.8. The molecular weight excluding hydrogens is 334 g/mol. The second-order valence-corrected chi connectivity index (χ2v) is 6.45. The molecule has 0 aliphatic heterocycles. The number of nitrogens with two attached hydrogens (primary N) is 1. The predicted octanol–water partition coefficient (Wildman–Crippen LogP) is 4.24. The third-order valence-corrected chi connectivity index (χ3v) is 4.25. The molecule has 0 unspecified atom stereocenters. The molecule has 5 heteroatoms. The minimum atomic E-state index is 0.534. The van der Waals surface area contributed by atoms with Crippen LogP contribution in [-0.4, -0.2) is 6.54 Å². The summed E-state index contributed by atoms with van der Waals surface area (Å²) in [4.78, 5) is 1.11. The number of rotatable bonds is 5. The first-order chi connectivity index (χ1) is 8.69. The highest BCUT2D eigenvalue weighted by molar-refractivity contribution is 9.10. The normalized spacial score (nSPS) is 10.6. The number of halogens is 2. The molecule has 0 atom stereocenters. The number of hydrogen-bond donors (Lipinski definition) is 1. The minimum absolute atomic E-state index is 0.534. The fourth-order valence-electron chi connectivity index (χ4n) is 1.56. The summed E-state index contributed by atoms with van der Waals surface area (Å²) >= 11 is 10.9. The lowest BCUT2D eigenvalue weighted by atomic mass is 10.1. The van der Waals surface area contributed by atoms with Crippen molar-refractivity contribution < 1.29 is 4.74 Å². The van der Waals surface area contributed by atoms with E-state index in [0.29, 0.717) is 13.2 Å². The van der Waals surface area contributed by atoms with Crippen molar-refractivity contribution in [2.45, 2.75) is 13.0 Å². The highest BCUT2D eigenvalue weighted by atomic mass is 79.9. The maximum atomic E-state index is 5.87. The molecule has 0 saturated heterocycles. The zero-order valence-electron chi connectivity index (χ0n) is 9.66. The van der Waals surface area contributed by atoms with Crippen LogP contribution in [0, 0.1) is 0 Å². The summed E-state index contributed by atoms with van der Waals surface area (Å²) in [5, 5.41) is 0. The summed E-state index contributed by atoms with van der Waals surface area (Å²) in [6, 6.07) is 9.90. The van der Waals surface area contributed by atoms with Gasteiger partial charge in [-0.15, -0.1) is 11.3 Å². The van der Waals surface area contributed by atoms with E-state index >= 15 is 0 Å². The Labute approximate surface area is 124 Å². The van der Waals surface area contributed by atoms with Crippen molar-refractivity contribution in [2.75, 3.05) is 6.54 Å². The Hall–Kier alpha value is -0.550. The maximum absolute atomic E-state index is 5.87. The van der Waals surface area contributed by atoms with Crippen LogP contribution in [0.15, 0.2) is 34.8 Å². The van der Waals surface area contributed by atoms with Gasteiger partial charge in [0.2, 0.25) is 0 Å². The molecule has 0 spiro atoms. The van der Waals surface area contributed by atoms with Crippen LogP contribution < -0.4 is 10.5 Å². The van der Waals surface area contributed by atoms with Gasteiger partial charge in [0.1, 0.15) is 12.4 Å². The highest BCUT2D eigenvalue weighted by Gasteiger charge is 2.04. The van der Waals surface area contributed by atoms with E-state index in [0.717, 1.165) is 25.9 Å². The largest absolute Gasteiger partial charge is 0.487 e. The SMILES string of the molecule is NCCc1ccc(OCc2ccc(Cl)s2)c(Br)c1. The topological polar surface area (TPSA) is 35.2 Å². The van der Waals surface area contributed by atoms with E-state index in [-0.39, 0.29) is 0 Å². The summed E-state index contributed by atoms with van der Waals surface area (Å²) in [6.45, 7) is 1.19. The molecule has 1 aromatic heterocycles. The first-order valence-electron chi connectivity index (χ1n) is 5.54. The predicted molar refractivity (Wildman–Crippen MR) is 80.6 cm³/mol.